The molecule has 6 rings (SSSR count). The minimum atomic E-state index is -2.77. The van der Waals surface area contributed by atoms with E-state index in [4.69, 9.17) is 15.2 Å². The second-order valence-electron chi connectivity index (χ2n) is 11.9. The van der Waals surface area contributed by atoms with Gasteiger partial charge >= 0.3 is 0 Å². The number of carbonyl (C=O) groups excluding carboxylic acids is 5. The molecule has 42 heavy (non-hydrogen) atoms. The Kier molecular flexibility index (Phi) is 6.21. The van der Waals surface area contributed by atoms with Gasteiger partial charge < -0.3 is 30.3 Å². The van der Waals surface area contributed by atoms with Crippen molar-refractivity contribution in [1.82, 2.24) is 4.90 Å². The minimum absolute atomic E-state index is 0.0125. The fraction of sp³-hybridized carbons (Fsp3) is 0.433. The standard InChI is InChI=1S/C30H31N3O9/c1-32(2)17-10-14(12-5-6-18-19(9-12)42-11-41-18)24(34)21-15(17)7-13-8-16-23(33(3)4)26(36)22(29(31)39)28(38)30(16,40)27(37)20(13)25(21)35/h5-6,9-10,13,16,20,22-23,34,40H,7-8,11H2,1-4H3,(H2,31,39)/t13-,16-,20?,22?,23-,30-/m0/s1. The lowest BCUT2D eigenvalue weighted by molar-refractivity contribution is -0.181. The molecule has 2 saturated carbocycles. The highest BCUT2D eigenvalue weighted by molar-refractivity contribution is 6.32. The zero-order valence-corrected chi connectivity index (χ0v) is 23.5. The molecule has 0 aromatic heterocycles. The molecule has 12 heteroatoms. The topological polar surface area (TPSA) is 177 Å². The molecular weight excluding hydrogens is 546 g/mol. The van der Waals surface area contributed by atoms with Crippen LogP contribution in [0.3, 0.4) is 0 Å². The minimum Gasteiger partial charge on any atom is -0.507 e. The molecule has 2 aromatic carbocycles. The van der Waals surface area contributed by atoms with Gasteiger partial charge in [0.25, 0.3) is 0 Å². The maximum atomic E-state index is 14.2. The molecule has 220 valence electrons. The van der Waals surface area contributed by atoms with Gasteiger partial charge in [0.1, 0.15) is 5.75 Å². The van der Waals surface area contributed by atoms with Crippen molar-refractivity contribution in [2.75, 3.05) is 39.9 Å². The van der Waals surface area contributed by atoms with Crippen LogP contribution in [-0.2, 0) is 25.6 Å². The number of aromatic hydroxyl groups is 1. The molecule has 1 heterocycles. The number of primary amides is 1. The zero-order chi connectivity index (χ0) is 30.4. The van der Waals surface area contributed by atoms with Gasteiger partial charge in [0.05, 0.1) is 17.5 Å². The van der Waals surface area contributed by atoms with Crippen molar-refractivity contribution in [3.63, 3.8) is 0 Å². The Morgan fingerprint density at radius 2 is 1.71 bits per heavy atom. The summed E-state index contributed by atoms with van der Waals surface area (Å²) in [5.41, 5.74) is 4.58. The van der Waals surface area contributed by atoms with Crippen LogP contribution < -0.4 is 20.1 Å². The summed E-state index contributed by atoms with van der Waals surface area (Å²) < 4.78 is 10.9. The number of hydrogen-bond acceptors (Lipinski definition) is 11. The lowest BCUT2D eigenvalue weighted by atomic mass is 9.52. The number of benzene rings is 2. The van der Waals surface area contributed by atoms with Crippen molar-refractivity contribution in [2.24, 2.45) is 29.4 Å². The first-order valence-electron chi connectivity index (χ1n) is 13.6. The molecule has 0 radical (unpaired) electrons. The first-order valence-corrected chi connectivity index (χ1v) is 13.6. The number of nitrogens with zero attached hydrogens (tertiary/aromatic N) is 2. The Balaban J connectivity index is 1.50. The van der Waals surface area contributed by atoms with Gasteiger partial charge in [0.2, 0.25) is 12.7 Å². The van der Waals surface area contributed by atoms with E-state index >= 15 is 0 Å². The maximum absolute atomic E-state index is 14.2. The first-order chi connectivity index (χ1) is 19.8. The fourth-order valence-corrected chi connectivity index (χ4v) is 7.34. The third-order valence-corrected chi connectivity index (χ3v) is 9.20. The molecule has 2 aromatic rings. The van der Waals surface area contributed by atoms with Crippen molar-refractivity contribution in [2.45, 2.75) is 24.5 Å². The molecule has 4 N–H and O–H groups in total. The summed E-state index contributed by atoms with van der Waals surface area (Å²) >= 11 is 0. The van der Waals surface area contributed by atoms with Crippen LogP contribution >= 0.6 is 0 Å². The summed E-state index contributed by atoms with van der Waals surface area (Å²) in [6.45, 7) is 0.0566. The van der Waals surface area contributed by atoms with Gasteiger partial charge in [-0.05, 0) is 62.2 Å². The molecular formula is C30H31N3O9. The number of fused-ring (bicyclic) bond motifs is 4. The van der Waals surface area contributed by atoms with Gasteiger partial charge in [-0.15, -0.1) is 0 Å². The summed E-state index contributed by atoms with van der Waals surface area (Å²) in [6, 6.07) is 5.69. The highest BCUT2D eigenvalue weighted by atomic mass is 16.7. The summed E-state index contributed by atoms with van der Waals surface area (Å²) in [4.78, 5) is 70.5. The predicted molar refractivity (Wildman–Crippen MR) is 147 cm³/mol. The number of carbonyl (C=O) groups is 5. The van der Waals surface area contributed by atoms with E-state index in [1.54, 1.807) is 57.4 Å². The van der Waals surface area contributed by atoms with Crippen molar-refractivity contribution >= 4 is 34.7 Å². The van der Waals surface area contributed by atoms with E-state index in [9.17, 15) is 34.2 Å². The molecule has 0 spiro atoms. The molecule has 6 atom stereocenters. The average molecular weight is 578 g/mol. The number of ether oxygens (including phenoxy) is 2. The largest absolute Gasteiger partial charge is 0.507 e. The van der Waals surface area contributed by atoms with Gasteiger partial charge in [-0.3, -0.25) is 28.9 Å². The number of ketones is 4. The Bertz CT molecular complexity index is 1600. The predicted octanol–water partition coefficient (Wildman–Crippen LogP) is 0.329. The number of phenolic OH excluding ortho intramolecular Hbond substituents is 1. The molecule has 2 unspecified atom stereocenters. The third-order valence-electron chi connectivity index (χ3n) is 9.20. The van der Waals surface area contributed by atoms with Gasteiger partial charge in [0.15, 0.2) is 46.2 Å². The van der Waals surface area contributed by atoms with Crippen molar-refractivity contribution in [1.29, 1.82) is 0 Å². The number of aliphatic hydroxyl groups is 1. The van der Waals surface area contributed by atoms with Crippen molar-refractivity contribution < 1.29 is 43.7 Å². The number of amides is 1. The highest BCUT2D eigenvalue weighted by Crippen LogP contribution is 2.53. The highest BCUT2D eigenvalue weighted by Gasteiger charge is 2.69. The summed E-state index contributed by atoms with van der Waals surface area (Å²) in [5, 5.41) is 23.3. The Morgan fingerprint density at radius 3 is 2.36 bits per heavy atom. The number of Topliss-reactive ketones (excluding diaryl/α,β-unsaturated/α-hetero) is 4. The van der Waals surface area contributed by atoms with Crippen LogP contribution in [0.2, 0.25) is 0 Å². The summed E-state index contributed by atoms with van der Waals surface area (Å²) in [6.07, 6.45) is 0.162. The Labute approximate surface area is 241 Å². The van der Waals surface area contributed by atoms with Gasteiger partial charge in [-0.1, -0.05) is 6.07 Å². The van der Waals surface area contributed by atoms with E-state index in [1.165, 1.54) is 4.90 Å². The van der Waals surface area contributed by atoms with Crippen LogP contribution in [0.15, 0.2) is 24.3 Å². The SMILES string of the molecule is CN(C)c1cc(-c2ccc3c(c2)OCO3)c(O)c2c1C[C@H]1C[C@H]3[C@H](N(C)C)C(=O)C(C(N)=O)C(=O)[C@@]3(O)C(=O)C1C2=O. The molecule has 2 fully saturated rings. The average Bonchev–Trinajstić information content (AvgIpc) is 3.38. The second kappa shape index (κ2) is 9.36. The molecule has 12 nitrogen and oxygen atoms in total. The quantitative estimate of drug-likeness (QED) is 0.427. The molecule has 0 bridgehead atoms. The molecule has 1 aliphatic heterocycles. The van der Waals surface area contributed by atoms with Gasteiger partial charge in [-0.2, -0.15) is 0 Å². The van der Waals surface area contributed by atoms with Crippen LogP contribution in [0, 0.1) is 23.7 Å². The fourth-order valence-electron chi connectivity index (χ4n) is 7.34. The first kappa shape index (κ1) is 27.9. The second-order valence-corrected chi connectivity index (χ2v) is 11.9. The van der Waals surface area contributed by atoms with E-state index in [0.29, 0.717) is 33.9 Å². The van der Waals surface area contributed by atoms with E-state index < -0.39 is 64.4 Å². The lowest BCUT2D eigenvalue weighted by Gasteiger charge is -2.52. The van der Waals surface area contributed by atoms with Crippen LogP contribution in [-0.4, -0.2) is 90.8 Å². The van der Waals surface area contributed by atoms with E-state index in [2.05, 4.69) is 0 Å². The maximum Gasteiger partial charge on any atom is 0.235 e. The number of phenols is 1. The van der Waals surface area contributed by atoms with Crippen LogP contribution in [0.5, 0.6) is 17.2 Å². The monoisotopic (exact) mass is 577 g/mol. The molecule has 3 aliphatic carbocycles. The van der Waals surface area contributed by atoms with E-state index in [0.717, 1.165) is 0 Å². The van der Waals surface area contributed by atoms with Crippen LogP contribution in [0.1, 0.15) is 22.3 Å². The smallest absolute Gasteiger partial charge is 0.235 e. The number of hydrogen-bond donors (Lipinski definition) is 3. The molecule has 1 amide bonds. The number of anilines is 1. The Hall–Kier alpha value is -4.29. The van der Waals surface area contributed by atoms with Crippen LogP contribution in [0.25, 0.3) is 11.1 Å². The molecule has 0 saturated heterocycles. The van der Waals surface area contributed by atoms with Crippen molar-refractivity contribution in [3.8, 4) is 28.4 Å². The third kappa shape index (κ3) is 3.64. The van der Waals surface area contributed by atoms with Crippen LogP contribution in [0.4, 0.5) is 5.69 Å². The van der Waals surface area contributed by atoms with E-state index in [1.807, 2.05) is 0 Å². The van der Waals surface area contributed by atoms with E-state index in [-0.39, 0.29) is 30.9 Å². The number of likely N-dealkylation sites (N-methyl/N-ethyl adjacent to an activating group) is 1. The lowest BCUT2D eigenvalue weighted by Crippen LogP contribution is -2.74. The summed E-state index contributed by atoms with van der Waals surface area (Å²) in [7, 11) is 6.69. The Morgan fingerprint density at radius 1 is 1.02 bits per heavy atom. The van der Waals surface area contributed by atoms with Crippen molar-refractivity contribution in [3.05, 3.63) is 35.4 Å². The number of nitrogens with two attached hydrogens (primary N) is 1. The number of rotatable bonds is 4. The van der Waals surface area contributed by atoms with Gasteiger partial charge in [0, 0.05) is 31.3 Å². The zero-order valence-electron chi connectivity index (χ0n) is 23.5. The normalized spacial score (nSPS) is 29.7. The van der Waals surface area contributed by atoms with Gasteiger partial charge in [-0.25, -0.2) is 0 Å². The summed E-state index contributed by atoms with van der Waals surface area (Å²) in [5.74, 6) is -9.80. The molecule has 4 aliphatic rings.